The normalized spacial score (nSPS) is 13.4. The molecule has 146 valence electrons. The molecular formula is C21H22N2O5. The van der Waals surface area contributed by atoms with E-state index in [0.717, 1.165) is 17.7 Å². The van der Waals surface area contributed by atoms with Crippen LogP contribution in [0.2, 0.25) is 0 Å². The van der Waals surface area contributed by atoms with Gasteiger partial charge in [-0.1, -0.05) is 17.7 Å². The molecule has 0 unspecified atom stereocenters. The van der Waals surface area contributed by atoms with Crippen LogP contribution in [0.4, 0.5) is 11.4 Å². The lowest BCUT2D eigenvalue weighted by molar-refractivity contribution is -0.119. The van der Waals surface area contributed by atoms with Gasteiger partial charge in [-0.05, 0) is 43.7 Å². The van der Waals surface area contributed by atoms with Crippen LogP contribution in [0, 0.1) is 6.92 Å². The molecule has 3 rings (SSSR count). The fourth-order valence-corrected chi connectivity index (χ4v) is 3.06. The molecule has 1 aliphatic heterocycles. The number of methoxy groups -OCH3 is 1. The van der Waals surface area contributed by atoms with E-state index in [9.17, 15) is 14.4 Å². The molecule has 7 heteroatoms. The molecule has 0 radical (unpaired) electrons. The minimum Gasteiger partial charge on any atom is -0.496 e. The third kappa shape index (κ3) is 4.49. The van der Waals surface area contributed by atoms with Crippen LogP contribution in [0.1, 0.15) is 28.8 Å². The highest BCUT2D eigenvalue weighted by Gasteiger charge is 2.22. The zero-order valence-electron chi connectivity index (χ0n) is 15.9. The molecule has 1 saturated heterocycles. The van der Waals surface area contributed by atoms with Gasteiger partial charge in [0.05, 0.1) is 7.11 Å². The van der Waals surface area contributed by atoms with Gasteiger partial charge in [0.15, 0.2) is 6.61 Å². The number of nitrogens with zero attached hydrogens (tertiary/aromatic N) is 1. The van der Waals surface area contributed by atoms with Crippen molar-refractivity contribution in [2.24, 2.45) is 0 Å². The summed E-state index contributed by atoms with van der Waals surface area (Å²) in [6.45, 7) is 2.09. The molecule has 1 fully saturated rings. The summed E-state index contributed by atoms with van der Waals surface area (Å²) >= 11 is 0. The molecule has 0 aliphatic carbocycles. The molecule has 28 heavy (non-hydrogen) atoms. The molecule has 1 N–H and O–H groups in total. The van der Waals surface area contributed by atoms with Crippen molar-refractivity contribution in [1.29, 1.82) is 0 Å². The molecule has 2 aromatic carbocycles. The smallest absolute Gasteiger partial charge is 0.342 e. The van der Waals surface area contributed by atoms with Gasteiger partial charge in [-0.15, -0.1) is 0 Å². The third-order valence-corrected chi connectivity index (χ3v) is 4.42. The lowest BCUT2D eigenvalue weighted by Crippen LogP contribution is -2.24. The number of esters is 1. The zero-order chi connectivity index (χ0) is 20.1. The van der Waals surface area contributed by atoms with Crippen LogP contribution >= 0.6 is 0 Å². The first-order valence-corrected chi connectivity index (χ1v) is 9.00. The summed E-state index contributed by atoms with van der Waals surface area (Å²) in [5, 5.41) is 2.68. The van der Waals surface area contributed by atoms with Crippen LogP contribution in [-0.2, 0) is 14.3 Å². The van der Waals surface area contributed by atoms with E-state index in [1.54, 1.807) is 35.2 Å². The Morgan fingerprint density at radius 2 is 2.00 bits per heavy atom. The summed E-state index contributed by atoms with van der Waals surface area (Å²) in [6.07, 6.45) is 1.36. The Bertz CT molecular complexity index is 909. The van der Waals surface area contributed by atoms with Crippen LogP contribution in [0.3, 0.4) is 0 Å². The van der Waals surface area contributed by atoms with Crippen molar-refractivity contribution in [1.82, 2.24) is 0 Å². The summed E-state index contributed by atoms with van der Waals surface area (Å²) < 4.78 is 10.3. The topological polar surface area (TPSA) is 84.9 Å². The fourth-order valence-electron chi connectivity index (χ4n) is 3.06. The minimum absolute atomic E-state index is 0.0736. The van der Waals surface area contributed by atoms with Gasteiger partial charge in [0.2, 0.25) is 5.91 Å². The summed E-state index contributed by atoms with van der Waals surface area (Å²) in [6, 6.07) is 12.2. The maximum atomic E-state index is 12.3. The summed E-state index contributed by atoms with van der Waals surface area (Å²) in [5.41, 5.74) is 2.42. The van der Waals surface area contributed by atoms with Crippen LogP contribution in [-0.4, -0.2) is 38.0 Å². The number of carbonyl (C=O) groups is 3. The van der Waals surface area contributed by atoms with Gasteiger partial charge >= 0.3 is 5.97 Å². The molecule has 0 saturated carbocycles. The zero-order valence-corrected chi connectivity index (χ0v) is 15.9. The number of ether oxygens (including phenoxy) is 2. The SMILES string of the molecule is COc1ccc(C)cc1C(=O)OCC(=O)Nc1cccc(N2CCCC2=O)c1. The van der Waals surface area contributed by atoms with E-state index in [2.05, 4.69) is 5.32 Å². The number of carbonyl (C=O) groups excluding carboxylic acids is 3. The number of hydrogen-bond donors (Lipinski definition) is 1. The van der Waals surface area contributed by atoms with Crippen LogP contribution < -0.4 is 15.0 Å². The van der Waals surface area contributed by atoms with Crippen molar-refractivity contribution >= 4 is 29.2 Å². The third-order valence-electron chi connectivity index (χ3n) is 4.42. The maximum Gasteiger partial charge on any atom is 0.342 e. The molecule has 0 aromatic heterocycles. The van der Waals surface area contributed by atoms with Crippen molar-refractivity contribution in [3.63, 3.8) is 0 Å². The molecule has 0 spiro atoms. The van der Waals surface area contributed by atoms with Crippen molar-refractivity contribution < 1.29 is 23.9 Å². The minimum atomic E-state index is -0.632. The molecule has 0 atom stereocenters. The first-order valence-electron chi connectivity index (χ1n) is 9.00. The van der Waals surface area contributed by atoms with Crippen LogP contribution in [0.5, 0.6) is 5.75 Å². The van der Waals surface area contributed by atoms with Crippen molar-refractivity contribution in [2.75, 3.05) is 30.5 Å². The number of nitrogens with one attached hydrogen (secondary N) is 1. The average Bonchev–Trinajstić information content (AvgIpc) is 3.12. The van der Waals surface area contributed by atoms with Gasteiger partial charge in [0.25, 0.3) is 5.91 Å². The second-order valence-corrected chi connectivity index (χ2v) is 6.53. The van der Waals surface area contributed by atoms with E-state index < -0.39 is 18.5 Å². The van der Waals surface area contributed by atoms with Gasteiger partial charge in [0.1, 0.15) is 11.3 Å². The Balaban J connectivity index is 1.60. The number of anilines is 2. The summed E-state index contributed by atoms with van der Waals surface area (Å²) in [5.74, 6) is -0.638. The van der Waals surface area contributed by atoms with E-state index in [0.29, 0.717) is 24.4 Å². The Kier molecular flexibility index (Phi) is 5.93. The van der Waals surface area contributed by atoms with E-state index >= 15 is 0 Å². The van der Waals surface area contributed by atoms with Crippen molar-refractivity contribution in [3.8, 4) is 5.75 Å². The van der Waals surface area contributed by atoms with Crippen LogP contribution in [0.15, 0.2) is 42.5 Å². The second kappa shape index (κ2) is 8.56. The maximum absolute atomic E-state index is 12.3. The Labute approximate surface area is 163 Å². The molecule has 0 bridgehead atoms. The van der Waals surface area contributed by atoms with Crippen molar-refractivity contribution in [3.05, 3.63) is 53.6 Å². The highest BCUT2D eigenvalue weighted by Crippen LogP contribution is 2.24. The first-order chi connectivity index (χ1) is 13.5. The molecular weight excluding hydrogens is 360 g/mol. The van der Waals surface area contributed by atoms with Gasteiger partial charge in [-0.3, -0.25) is 9.59 Å². The summed E-state index contributed by atoms with van der Waals surface area (Å²) in [7, 11) is 1.46. The van der Waals surface area contributed by atoms with Gasteiger partial charge in [-0.25, -0.2) is 4.79 Å². The lowest BCUT2D eigenvalue weighted by Gasteiger charge is -2.16. The number of aryl methyl sites for hydroxylation is 1. The molecule has 1 aliphatic rings. The lowest BCUT2D eigenvalue weighted by atomic mass is 10.1. The van der Waals surface area contributed by atoms with E-state index in [-0.39, 0.29) is 11.5 Å². The van der Waals surface area contributed by atoms with Crippen LogP contribution in [0.25, 0.3) is 0 Å². The van der Waals surface area contributed by atoms with E-state index in [1.807, 2.05) is 19.1 Å². The second-order valence-electron chi connectivity index (χ2n) is 6.53. The Hall–Kier alpha value is -3.35. The van der Waals surface area contributed by atoms with Gasteiger partial charge in [0, 0.05) is 24.3 Å². The van der Waals surface area contributed by atoms with Gasteiger partial charge < -0.3 is 19.7 Å². The number of hydrogen-bond acceptors (Lipinski definition) is 5. The van der Waals surface area contributed by atoms with Gasteiger partial charge in [-0.2, -0.15) is 0 Å². The molecule has 7 nitrogen and oxygen atoms in total. The number of amides is 2. The fraction of sp³-hybridized carbons (Fsp3) is 0.286. The first kappa shape index (κ1) is 19.4. The predicted octanol–water partition coefficient (Wildman–Crippen LogP) is 2.93. The molecule has 2 amide bonds. The average molecular weight is 382 g/mol. The van der Waals surface area contributed by atoms with E-state index in [4.69, 9.17) is 9.47 Å². The Morgan fingerprint density at radius 3 is 2.71 bits per heavy atom. The molecule has 1 heterocycles. The highest BCUT2D eigenvalue weighted by atomic mass is 16.5. The highest BCUT2D eigenvalue weighted by molar-refractivity contribution is 5.98. The predicted molar refractivity (Wildman–Crippen MR) is 105 cm³/mol. The summed E-state index contributed by atoms with van der Waals surface area (Å²) in [4.78, 5) is 38.0. The number of rotatable bonds is 6. The Morgan fingerprint density at radius 1 is 1.18 bits per heavy atom. The molecule has 2 aromatic rings. The quantitative estimate of drug-likeness (QED) is 0.777. The monoisotopic (exact) mass is 382 g/mol. The standard InChI is InChI=1S/C21H22N2O5/c1-14-8-9-18(27-2)17(11-14)21(26)28-13-19(24)22-15-5-3-6-16(12-15)23-10-4-7-20(23)25/h3,5-6,8-9,11-12H,4,7,10,13H2,1-2H3,(H,22,24). The largest absolute Gasteiger partial charge is 0.496 e. The van der Waals surface area contributed by atoms with E-state index in [1.165, 1.54) is 7.11 Å². The van der Waals surface area contributed by atoms with Crippen molar-refractivity contribution in [2.45, 2.75) is 19.8 Å². The number of benzene rings is 2.